The lowest BCUT2D eigenvalue weighted by Gasteiger charge is -2.29. The minimum atomic E-state index is -0.232. The highest BCUT2D eigenvalue weighted by Crippen LogP contribution is 2.42. The number of halogens is 2. The molecule has 0 bridgehead atoms. The fourth-order valence-corrected chi connectivity index (χ4v) is 4.51. The normalized spacial score (nSPS) is 16.0. The Morgan fingerprint density at radius 2 is 1.89 bits per heavy atom. The summed E-state index contributed by atoms with van der Waals surface area (Å²) in [5.74, 6) is 0.789. The smallest absolute Gasteiger partial charge is 0.315 e. The van der Waals surface area contributed by atoms with E-state index in [4.69, 9.17) is 27.9 Å². The fourth-order valence-electron chi connectivity index (χ4n) is 2.97. The van der Waals surface area contributed by atoms with Crippen LogP contribution in [0.15, 0.2) is 48.5 Å². The summed E-state index contributed by atoms with van der Waals surface area (Å²) in [6.45, 7) is 0.961. The molecule has 1 saturated carbocycles. The molecule has 6 heteroatoms. The van der Waals surface area contributed by atoms with E-state index in [1.54, 1.807) is 11.8 Å². The molecule has 1 aliphatic rings. The van der Waals surface area contributed by atoms with E-state index in [1.165, 1.54) is 20.0 Å². The van der Waals surface area contributed by atoms with E-state index in [1.807, 2.05) is 42.5 Å². The topological polar surface area (TPSA) is 38.3 Å². The molecule has 2 aromatic rings. The van der Waals surface area contributed by atoms with Gasteiger partial charge >= 0.3 is 5.97 Å². The molecule has 0 heterocycles. The second kappa shape index (κ2) is 9.83. The number of hydrogen-bond acceptors (Lipinski definition) is 4. The molecule has 3 rings (SSSR count). The number of thioether (sulfide) groups is 1. The summed E-state index contributed by atoms with van der Waals surface area (Å²) < 4.78 is 4.85. The molecular weight excluding hydrogens is 401 g/mol. The maximum absolute atomic E-state index is 11.8. The van der Waals surface area contributed by atoms with Crippen LogP contribution in [0.4, 0.5) is 0 Å². The molecule has 3 nitrogen and oxygen atoms in total. The number of methoxy groups -OCH3 is 1. The zero-order chi connectivity index (χ0) is 19.2. The van der Waals surface area contributed by atoms with Crippen LogP contribution in [-0.2, 0) is 9.53 Å². The van der Waals surface area contributed by atoms with Crippen molar-refractivity contribution in [3.05, 3.63) is 69.7 Å². The second-order valence-corrected chi connectivity index (χ2v) is 8.75. The van der Waals surface area contributed by atoms with Gasteiger partial charge in [0.05, 0.1) is 12.9 Å². The van der Waals surface area contributed by atoms with E-state index in [9.17, 15) is 4.79 Å². The lowest BCUT2D eigenvalue weighted by Crippen LogP contribution is -2.28. The van der Waals surface area contributed by atoms with Gasteiger partial charge in [0.2, 0.25) is 0 Å². The molecule has 2 unspecified atom stereocenters. The fraction of sp³-hybridized carbons (Fsp3) is 0.381. The molecule has 144 valence electrons. The average molecular weight is 424 g/mol. The zero-order valence-corrected chi connectivity index (χ0v) is 17.5. The van der Waals surface area contributed by atoms with E-state index in [2.05, 4.69) is 11.4 Å². The van der Waals surface area contributed by atoms with Crippen LogP contribution in [0.5, 0.6) is 0 Å². The van der Waals surface area contributed by atoms with Crippen LogP contribution >= 0.6 is 35.0 Å². The largest absolute Gasteiger partial charge is 0.468 e. The number of benzene rings is 2. The van der Waals surface area contributed by atoms with E-state index in [0.29, 0.717) is 10.0 Å². The van der Waals surface area contributed by atoms with Gasteiger partial charge in [-0.2, -0.15) is 0 Å². The Kier molecular flexibility index (Phi) is 7.48. The molecular formula is C21H23Cl2NO2S. The first-order valence-electron chi connectivity index (χ1n) is 8.99. The molecule has 0 spiro atoms. The summed E-state index contributed by atoms with van der Waals surface area (Å²) in [7, 11) is 1.42. The van der Waals surface area contributed by atoms with E-state index >= 15 is 0 Å². The van der Waals surface area contributed by atoms with Crippen molar-refractivity contribution in [1.29, 1.82) is 0 Å². The molecule has 27 heavy (non-hydrogen) atoms. The highest BCUT2D eigenvalue weighted by atomic mass is 35.5. The van der Waals surface area contributed by atoms with Crippen LogP contribution in [0.25, 0.3) is 0 Å². The van der Waals surface area contributed by atoms with Gasteiger partial charge in [-0.25, -0.2) is 0 Å². The minimum Gasteiger partial charge on any atom is -0.468 e. The summed E-state index contributed by atoms with van der Waals surface area (Å²) in [5.41, 5.74) is 2.22. The van der Waals surface area contributed by atoms with Crippen molar-refractivity contribution in [1.82, 2.24) is 5.32 Å². The number of carbonyl (C=O) groups excluding carboxylic acids is 1. The van der Waals surface area contributed by atoms with Gasteiger partial charge in [-0.15, -0.1) is 11.8 Å². The van der Waals surface area contributed by atoms with Crippen LogP contribution in [0.3, 0.4) is 0 Å². The van der Waals surface area contributed by atoms with Gasteiger partial charge in [0.25, 0.3) is 0 Å². The molecule has 0 radical (unpaired) electrons. The average Bonchev–Trinajstić information content (AvgIpc) is 3.49. The first-order valence-corrected chi connectivity index (χ1v) is 10.8. The number of nitrogens with one attached hydrogen (secondary N) is 1. The maximum atomic E-state index is 11.8. The Morgan fingerprint density at radius 1 is 1.15 bits per heavy atom. The molecule has 2 aromatic carbocycles. The lowest BCUT2D eigenvalue weighted by atomic mass is 9.98. The molecule has 0 aliphatic heterocycles. The van der Waals surface area contributed by atoms with Crippen molar-refractivity contribution >= 4 is 40.9 Å². The van der Waals surface area contributed by atoms with Gasteiger partial charge in [0.1, 0.15) is 0 Å². The molecule has 0 saturated heterocycles. The standard InChI is InChI=1S/C21H23Cl2NO2S/c1-26-19(25)13-27-21(16-3-2-4-18(23)11-16)20(24-12-14-5-6-14)15-7-9-17(22)10-8-15/h2-4,7-11,14,20-21,24H,5-6,12-13H2,1H3. The van der Waals surface area contributed by atoms with Crippen LogP contribution in [0.1, 0.15) is 35.3 Å². The number of ether oxygens (including phenoxy) is 1. The van der Waals surface area contributed by atoms with Crippen molar-refractivity contribution in [2.75, 3.05) is 19.4 Å². The quantitative estimate of drug-likeness (QED) is 0.526. The first-order chi connectivity index (χ1) is 13.1. The Bertz CT molecular complexity index is 765. The van der Waals surface area contributed by atoms with Crippen molar-refractivity contribution in [2.45, 2.75) is 24.1 Å². The molecule has 2 atom stereocenters. The van der Waals surface area contributed by atoms with Crippen LogP contribution in [0.2, 0.25) is 10.0 Å². The minimum absolute atomic E-state index is 0.0164. The maximum Gasteiger partial charge on any atom is 0.315 e. The molecule has 1 aliphatic carbocycles. The number of carbonyl (C=O) groups is 1. The van der Waals surface area contributed by atoms with Crippen molar-refractivity contribution < 1.29 is 9.53 Å². The van der Waals surface area contributed by atoms with Crippen molar-refractivity contribution in [3.8, 4) is 0 Å². The summed E-state index contributed by atoms with van der Waals surface area (Å²) in [4.78, 5) is 11.8. The third-order valence-electron chi connectivity index (χ3n) is 4.64. The second-order valence-electron chi connectivity index (χ2n) is 6.74. The van der Waals surface area contributed by atoms with Gasteiger partial charge in [0.15, 0.2) is 0 Å². The summed E-state index contributed by atoms with van der Waals surface area (Å²) in [6, 6.07) is 15.8. The number of rotatable bonds is 9. The third-order valence-corrected chi connectivity index (χ3v) is 6.43. The highest BCUT2D eigenvalue weighted by molar-refractivity contribution is 8.00. The lowest BCUT2D eigenvalue weighted by molar-refractivity contribution is -0.137. The Labute approximate surface area is 174 Å². The van der Waals surface area contributed by atoms with Gasteiger partial charge in [-0.3, -0.25) is 4.79 Å². The SMILES string of the molecule is COC(=O)CSC(c1cccc(Cl)c1)C(NCC1CC1)c1ccc(Cl)cc1. The Hall–Kier alpha value is -1.20. The van der Waals surface area contributed by atoms with Crippen LogP contribution in [-0.4, -0.2) is 25.4 Å². The summed E-state index contributed by atoms with van der Waals surface area (Å²) in [6.07, 6.45) is 2.55. The third kappa shape index (κ3) is 6.15. The van der Waals surface area contributed by atoms with E-state index in [0.717, 1.165) is 23.6 Å². The highest BCUT2D eigenvalue weighted by Gasteiger charge is 2.29. The summed E-state index contributed by atoms with van der Waals surface area (Å²) >= 11 is 13.9. The van der Waals surface area contributed by atoms with Crippen molar-refractivity contribution in [2.24, 2.45) is 5.92 Å². The number of hydrogen-bond donors (Lipinski definition) is 1. The molecule has 1 N–H and O–H groups in total. The zero-order valence-electron chi connectivity index (χ0n) is 15.2. The molecule has 0 aromatic heterocycles. The monoisotopic (exact) mass is 423 g/mol. The first kappa shape index (κ1) is 20.5. The van der Waals surface area contributed by atoms with Gasteiger partial charge in [0, 0.05) is 21.3 Å². The number of esters is 1. The van der Waals surface area contributed by atoms with Gasteiger partial charge in [-0.1, -0.05) is 47.5 Å². The van der Waals surface area contributed by atoms with E-state index in [-0.39, 0.29) is 23.0 Å². The van der Waals surface area contributed by atoms with Gasteiger partial charge < -0.3 is 10.1 Å². The Balaban J connectivity index is 1.91. The van der Waals surface area contributed by atoms with Crippen LogP contribution in [0, 0.1) is 5.92 Å². The molecule has 0 amide bonds. The van der Waals surface area contributed by atoms with Crippen LogP contribution < -0.4 is 5.32 Å². The Morgan fingerprint density at radius 3 is 2.52 bits per heavy atom. The predicted molar refractivity (Wildman–Crippen MR) is 114 cm³/mol. The predicted octanol–water partition coefficient (Wildman–Crippen LogP) is 5.68. The van der Waals surface area contributed by atoms with Gasteiger partial charge in [-0.05, 0) is 60.7 Å². The molecule has 1 fully saturated rings. The summed E-state index contributed by atoms with van der Waals surface area (Å²) in [5, 5.41) is 5.13. The van der Waals surface area contributed by atoms with E-state index < -0.39 is 0 Å². The van der Waals surface area contributed by atoms with Crippen molar-refractivity contribution in [3.63, 3.8) is 0 Å².